The lowest BCUT2D eigenvalue weighted by atomic mass is 10.1. The Labute approximate surface area is 120 Å². The first kappa shape index (κ1) is 17.7. The van der Waals surface area contributed by atoms with E-state index in [1.165, 1.54) is 4.90 Å². The highest BCUT2D eigenvalue weighted by Gasteiger charge is 2.28. The van der Waals surface area contributed by atoms with E-state index in [1.54, 1.807) is 0 Å². The number of alkyl halides is 3. The van der Waals surface area contributed by atoms with E-state index in [9.17, 15) is 22.8 Å². The zero-order valence-electron chi connectivity index (χ0n) is 11.5. The second kappa shape index (κ2) is 8.18. The van der Waals surface area contributed by atoms with Crippen molar-refractivity contribution in [2.75, 3.05) is 32.8 Å². The molecule has 1 aliphatic rings. The zero-order chi connectivity index (χ0) is 15.9. The van der Waals surface area contributed by atoms with Gasteiger partial charge in [0.25, 0.3) is 0 Å². The molecule has 0 saturated carbocycles. The van der Waals surface area contributed by atoms with Gasteiger partial charge in [0.15, 0.2) is 0 Å². The van der Waals surface area contributed by atoms with E-state index in [2.05, 4.69) is 5.32 Å². The number of amides is 1. The highest BCUT2D eigenvalue weighted by atomic mass is 19.4. The molecule has 0 bridgehead atoms. The Morgan fingerprint density at radius 2 is 1.90 bits per heavy atom. The fraction of sp³-hybridized carbons (Fsp3) is 0.833. The lowest BCUT2D eigenvalue weighted by molar-refractivity contribution is -0.139. The molecule has 6 nitrogen and oxygen atoms in total. The Morgan fingerprint density at radius 3 is 2.43 bits per heavy atom. The van der Waals surface area contributed by atoms with Crippen LogP contribution >= 0.6 is 0 Å². The predicted octanol–water partition coefficient (Wildman–Crippen LogP) is 0.621. The first-order chi connectivity index (χ1) is 9.78. The second-order valence-corrected chi connectivity index (χ2v) is 4.81. The summed E-state index contributed by atoms with van der Waals surface area (Å²) in [5, 5.41) is 10.5. The Morgan fingerprint density at radius 1 is 1.29 bits per heavy atom. The van der Waals surface area contributed by atoms with Crippen LogP contribution < -0.4 is 5.32 Å². The average molecular weight is 312 g/mol. The lowest BCUT2D eigenvalue weighted by Gasteiger charge is -2.32. The van der Waals surface area contributed by atoms with Crippen molar-refractivity contribution in [3.8, 4) is 0 Å². The number of carbonyl (C=O) groups is 2. The molecule has 0 atom stereocenters. The fourth-order valence-corrected chi connectivity index (χ4v) is 2.01. The summed E-state index contributed by atoms with van der Waals surface area (Å²) in [6.07, 6.45) is -3.38. The first-order valence-corrected chi connectivity index (χ1v) is 6.66. The molecular weight excluding hydrogens is 293 g/mol. The maximum absolute atomic E-state index is 11.9. The van der Waals surface area contributed by atoms with Crippen LogP contribution in [0.15, 0.2) is 0 Å². The van der Waals surface area contributed by atoms with E-state index < -0.39 is 18.7 Å². The number of carboxylic acids is 1. The van der Waals surface area contributed by atoms with Crippen molar-refractivity contribution in [2.24, 2.45) is 0 Å². The van der Waals surface area contributed by atoms with Gasteiger partial charge in [-0.15, -0.1) is 0 Å². The minimum atomic E-state index is -4.33. The third kappa shape index (κ3) is 7.86. The van der Waals surface area contributed by atoms with Gasteiger partial charge >= 0.3 is 12.1 Å². The molecule has 0 aromatic rings. The van der Waals surface area contributed by atoms with Crippen molar-refractivity contribution in [1.82, 2.24) is 10.2 Å². The van der Waals surface area contributed by atoms with E-state index >= 15 is 0 Å². The molecule has 0 radical (unpaired) electrons. The van der Waals surface area contributed by atoms with E-state index in [0.29, 0.717) is 25.9 Å². The molecule has 0 spiro atoms. The summed E-state index contributed by atoms with van der Waals surface area (Å²) in [5.74, 6) is -1.30. The fourth-order valence-electron chi connectivity index (χ4n) is 2.01. The number of likely N-dealkylation sites (tertiary alicyclic amines) is 1. The quantitative estimate of drug-likeness (QED) is 0.720. The van der Waals surface area contributed by atoms with Crippen LogP contribution in [-0.4, -0.2) is 66.9 Å². The number of carboxylic acid groups (broad SMARTS) is 1. The number of nitrogens with one attached hydrogen (secondary N) is 1. The Balaban J connectivity index is 2.17. The van der Waals surface area contributed by atoms with E-state index in [0.717, 1.165) is 0 Å². The Hall–Kier alpha value is -1.35. The van der Waals surface area contributed by atoms with Crippen LogP contribution in [0.25, 0.3) is 0 Å². The van der Waals surface area contributed by atoms with Crippen LogP contribution in [0, 0.1) is 0 Å². The highest BCUT2D eigenvalue weighted by Crippen LogP contribution is 2.14. The summed E-state index contributed by atoms with van der Waals surface area (Å²) in [4.78, 5) is 23.5. The smallest absolute Gasteiger partial charge is 0.401 e. The van der Waals surface area contributed by atoms with Gasteiger partial charge in [-0.3, -0.25) is 9.59 Å². The Kier molecular flexibility index (Phi) is 6.90. The van der Waals surface area contributed by atoms with E-state index in [4.69, 9.17) is 9.84 Å². The van der Waals surface area contributed by atoms with E-state index in [-0.39, 0.29) is 31.6 Å². The predicted molar refractivity (Wildman–Crippen MR) is 66.7 cm³/mol. The summed E-state index contributed by atoms with van der Waals surface area (Å²) in [7, 11) is 0. The number of rotatable bonds is 7. The molecule has 122 valence electrons. The van der Waals surface area contributed by atoms with Gasteiger partial charge in [-0.2, -0.15) is 13.2 Å². The van der Waals surface area contributed by atoms with Crippen LogP contribution in [0.4, 0.5) is 13.2 Å². The van der Waals surface area contributed by atoms with E-state index in [1.807, 2.05) is 0 Å². The molecule has 1 fully saturated rings. The largest absolute Gasteiger partial charge is 0.481 e. The summed E-state index contributed by atoms with van der Waals surface area (Å²) >= 11 is 0. The Bertz CT molecular complexity index is 355. The number of halogens is 3. The zero-order valence-corrected chi connectivity index (χ0v) is 11.5. The summed E-state index contributed by atoms with van der Waals surface area (Å²) in [5.41, 5.74) is 0. The van der Waals surface area contributed by atoms with Gasteiger partial charge in [0.2, 0.25) is 5.91 Å². The molecule has 1 aliphatic heterocycles. The summed E-state index contributed by atoms with van der Waals surface area (Å²) in [6, 6.07) is 0. The number of carbonyl (C=O) groups excluding carboxylic acids is 1. The van der Waals surface area contributed by atoms with Crippen molar-refractivity contribution in [2.45, 2.75) is 31.5 Å². The molecule has 0 aliphatic carbocycles. The van der Waals surface area contributed by atoms with Crippen LogP contribution in [0.2, 0.25) is 0 Å². The van der Waals surface area contributed by atoms with Crippen molar-refractivity contribution in [3.05, 3.63) is 0 Å². The van der Waals surface area contributed by atoms with Gasteiger partial charge < -0.3 is 20.1 Å². The van der Waals surface area contributed by atoms with Gasteiger partial charge in [-0.05, 0) is 12.8 Å². The molecule has 2 N–H and O–H groups in total. The molecule has 21 heavy (non-hydrogen) atoms. The van der Waals surface area contributed by atoms with Crippen molar-refractivity contribution < 1.29 is 32.6 Å². The number of hydrogen-bond donors (Lipinski definition) is 2. The van der Waals surface area contributed by atoms with Gasteiger partial charge in [0.05, 0.1) is 32.2 Å². The van der Waals surface area contributed by atoms with Crippen molar-refractivity contribution >= 4 is 11.9 Å². The summed E-state index contributed by atoms with van der Waals surface area (Å²) in [6.45, 7) is -0.590. The normalized spacial score (nSPS) is 17.0. The van der Waals surface area contributed by atoms with Crippen LogP contribution in [-0.2, 0) is 14.3 Å². The van der Waals surface area contributed by atoms with Crippen LogP contribution in [0.1, 0.15) is 19.3 Å². The maximum atomic E-state index is 11.9. The third-order valence-corrected chi connectivity index (χ3v) is 3.07. The lowest BCUT2D eigenvalue weighted by Crippen LogP contribution is -2.45. The topological polar surface area (TPSA) is 78.9 Å². The average Bonchev–Trinajstić information content (AvgIpc) is 2.37. The SMILES string of the molecule is O=C(O)CCOC1CCN(C(=O)CNCC(F)(F)F)CC1. The van der Waals surface area contributed by atoms with Crippen LogP contribution in [0.3, 0.4) is 0 Å². The van der Waals surface area contributed by atoms with Crippen LogP contribution in [0.5, 0.6) is 0 Å². The number of piperidine rings is 1. The molecular formula is C12H19F3N2O4. The van der Waals surface area contributed by atoms with Gasteiger partial charge in [-0.1, -0.05) is 0 Å². The minimum absolute atomic E-state index is 0.0689. The third-order valence-electron chi connectivity index (χ3n) is 3.07. The van der Waals surface area contributed by atoms with Crippen molar-refractivity contribution in [1.29, 1.82) is 0 Å². The molecule has 1 heterocycles. The number of nitrogens with zero attached hydrogens (tertiary/aromatic N) is 1. The molecule has 0 aromatic carbocycles. The maximum Gasteiger partial charge on any atom is 0.401 e. The monoisotopic (exact) mass is 312 g/mol. The molecule has 1 amide bonds. The number of aliphatic carboxylic acids is 1. The van der Waals surface area contributed by atoms with Gasteiger partial charge in [0, 0.05) is 13.1 Å². The van der Waals surface area contributed by atoms with Gasteiger partial charge in [0.1, 0.15) is 0 Å². The molecule has 0 aromatic heterocycles. The molecule has 1 saturated heterocycles. The standard InChI is InChI=1S/C12H19F3N2O4/c13-12(14,15)8-16-7-10(18)17-4-1-9(2-5-17)21-6-3-11(19)20/h9,16H,1-8H2,(H,19,20). The second-order valence-electron chi connectivity index (χ2n) is 4.81. The molecule has 9 heteroatoms. The molecule has 0 unspecified atom stereocenters. The number of ether oxygens (including phenoxy) is 1. The number of hydrogen-bond acceptors (Lipinski definition) is 4. The molecule has 1 rings (SSSR count). The minimum Gasteiger partial charge on any atom is -0.481 e. The first-order valence-electron chi connectivity index (χ1n) is 6.66. The summed E-state index contributed by atoms with van der Waals surface area (Å²) < 4.78 is 41.2. The van der Waals surface area contributed by atoms with Crippen molar-refractivity contribution in [3.63, 3.8) is 0 Å². The highest BCUT2D eigenvalue weighted by molar-refractivity contribution is 5.78. The van der Waals surface area contributed by atoms with Gasteiger partial charge in [-0.25, -0.2) is 0 Å².